The smallest absolute Gasteiger partial charge is 0.00848 e. The molecule has 0 spiro atoms. The van der Waals surface area contributed by atoms with Crippen LogP contribution in [0.15, 0.2) is 0 Å². The van der Waals surface area contributed by atoms with Crippen LogP contribution in [0.5, 0.6) is 0 Å². The molecule has 0 aliphatic heterocycles. The highest BCUT2D eigenvalue weighted by Gasteiger charge is 0.950. The fourth-order valence-electron chi connectivity index (χ4n) is 0. The molecule has 0 aliphatic rings. The highest BCUT2D eigenvalue weighted by Crippen LogP contribution is 1.45. The zero-order chi connectivity index (χ0) is 4.00. The average Bonchev–Trinajstić information content (AvgIpc) is 1.50. The van der Waals surface area contributed by atoms with Crippen LogP contribution in [0.3, 0.4) is 0 Å². The Kier molecular flexibility index (Phi) is 83.6. The monoisotopic (exact) mass is 188 g/mol. The summed E-state index contributed by atoms with van der Waals surface area (Å²) in [6.45, 7) is 0. The summed E-state index contributed by atoms with van der Waals surface area (Å²) in [5.41, 5.74) is 0. The molecule has 0 N–H and O–H groups in total. The van der Waals surface area contributed by atoms with E-state index in [1.807, 2.05) is 11.7 Å². The fraction of sp³-hybridized carbons (Fsp3) is 1.00. The van der Waals surface area contributed by atoms with Gasteiger partial charge in [-0.1, -0.05) is 31.9 Å². The maximum atomic E-state index is 2.94. The molecule has 2 heteroatoms. The molecule has 0 saturated carbocycles. The van der Waals surface area contributed by atoms with Crippen molar-refractivity contribution in [3.8, 4) is 0 Å². The van der Waals surface area contributed by atoms with E-state index in [4.69, 9.17) is 0 Å². The Morgan fingerprint density at radius 1 is 0.750 bits per heavy atom. The number of hydrogen-bond acceptors (Lipinski definition) is 0. The Hall–Kier alpha value is 0.960. The summed E-state index contributed by atoms with van der Waals surface area (Å²) in [6, 6.07) is 0. The van der Waals surface area contributed by atoms with Gasteiger partial charge in [0, 0.05) is 0 Å². The molecule has 0 fully saturated rings. The van der Waals surface area contributed by atoms with Crippen LogP contribution in [0.2, 0.25) is 0 Å². The first-order valence-electron chi connectivity index (χ1n) is 0.756. The fourth-order valence-corrected chi connectivity index (χ4v) is 0. The first-order chi connectivity index (χ1) is 2.00. The minimum absolute atomic E-state index is 1.81. The molecule has 0 unspecified atom stereocenters. The molecule has 0 bridgehead atoms. The molecule has 0 radical (unpaired) electrons. The van der Waals surface area contributed by atoms with Crippen molar-refractivity contribution in [1.82, 2.24) is 0 Å². The molecule has 0 aliphatic carbocycles. The van der Waals surface area contributed by atoms with Gasteiger partial charge in [-0.15, -0.1) is 0 Å². The lowest BCUT2D eigenvalue weighted by atomic mass is 12.0. The molecule has 0 aromatic heterocycles. The summed E-state index contributed by atoms with van der Waals surface area (Å²) >= 11 is 5.88. The van der Waals surface area contributed by atoms with E-state index in [0.717, 1.165) is 0 Å². The zero-order valence-corrected chi connectivity index (χ0v) is 5.93. The minimum atomic E-state index is 1.81. The van der Waals surface area contributed by atoms with Crippen LogP contribution in [0.1, 0.15) is 0 Å². The van der Waals surface area contributed by atoms with Crippen LogP contribution in [0, 0.1) is 0 Å². The Bertz CT molecular complexity index is 4.00. The highest BCUT2D eigenvalue weighted by atomic mass is 79.9. The molecule has 0 rings (SSSR count). The van der Waals surface area contributed by atoms with Gasteiger partial charge in [0.25, 0.3) is 0 Å². The molecule has 0 aromatic rings. The van der Waals surface area contributed by atoms with Crippen molar-refractivity contribution in [2.24, 2.45) is 0 Å². The van der Waals surface area contributed by atoms with E-state index in [1.54, 1.807) is 0 Å². The third-order valence-electron chi connectivity index (χ3n) is 0. The Balaban J connectivity index is 0. The maximum absolute atomic E-state index is 2.94. The number of hydrogen-bond donors (Lipinski definition) is 0. The first-order valence-corrected chi connectivity index (χ1v) is 3.93. The van der Waals surface area contributed by atoms with Crippen LogP contribution < -0.4 is 0 Å². The molecule has 0 aromatic carbocycles. The van der Waals surface area contributed by atoms with Crippen molar-refractivity contribution < 1.29 is 0 Å². The van der Waals surface area contributed by atoms with Gasteiger partial charge in [-0.25, -0.2) is 0 Å². The van der Waals surface area contributed by atoms with E-state index in [0.29, 0.717) is 0 Å². The second kappa shape index (κ2) is 37.6. The van der Waals surface area contributed by atoms with Crippen LogP contribution in [0.25, 0.3) is 0 Å². The zero-order valence-electron chi connectivity index (χ0n) is 2.76. The molecule has 0 atom stereocenters. The van der Waals surface area contributed by atoms with Gasteiger partial charge in [0.1, 0.15) is 0 Å². The minimum Gasteiger partial charge on any atom is -0.0966 e. The van der Waals surface area contributed by atoms with E-state index in [1.165, 1.54) is 0 Å². The Morgan fingerprint density at radius 2 is 0.750 bits per heavy atom. The third-order valence-corrected chi connectivity index (χ3v) is 0. The number of alkyl halides is 2. The van der Waals surface area contributed by atoms with Gasteiger partial charge in [0.05, 0.1) is 0 Å². The third kappa shape index (κ3) is 12.3. The van der Waals surface area contributed by atoms with Crippen LogP contribution >= 0.6 is 31.9 Å². The van der Waals surface area contributed by atoms with Gasteiger partial charge >= 0.3 is 0 Å². The SMILES string of the molecule is CBr.CBr. The van der Waals surface area contributed by atoms with Crippen molar-refractivity contribution in [2.45, 2.75) is 0 Å². The largest absolute Gasteiger partial charge is 0.0966 e. The van der Waals surface area contributed by atoms with E-state index in [-0.39, 0.29) is 0 Å². The van der Waals surface area contributed by atoms with Crippen molar-refractivity contribution in [1.29, 1.82) is 0 Å². The molecular formula is C2H6Br2. The predicted molar refractivity (Wildman–Crippen MR) is 29.7 cm³/mol. The van der Waals surface area contributed by atoms with Crippen molar-refractivity contribution in [3.63, 3.8) is 0 Å². The maximum Gasteiger partial charge on any atom is -0.00848 e. The first kappa shape index (κ1) is 8.88. The Labute approximate surface area is 43.8 Å². The summed E-state index contributed by atoms with van der Waals surface area (Å²) in [6.07, 6.45) is 0. The summed E-state index contributed by atoms with van der Waals surface area (Å²) in [5, 5.41) is 0. The van der Waals surface area contributed by atoms with Gasteiger partial charge in [0.2, 0.25) is 0 Å². The second-order valence-corrected chi connectivity index (χ2v) is 0. The van der Waals surface area contributed by atoms with Crippen LogP contribution in [-0.2, 0) is 0 Å². The topological polar surface area (TPSA) is 0 Å². The van der Waals surface area contributed by atoms with Gasteiger partial charge in [-0.2, -0.15) is 0 Å². The number of rotatable bonds is 0. The lowest BCUT2D eigenvalue weighted by Gasteiger charge is -1.05. The molecule has 0 saturated heterocycles. The lowest BCUT2D eigenvalue weighted by molar-refractivity contribution is 2.59. The lowest BCUT2D eigenvalue weighted by Crippen LogP contribution is -0.808. The molecule has 0 amide bonds. The summed E-state index contributed by atoms with van der Waals surface area (Å²) in [5.74, 6) is 3.62. The predicted octanol–water partition coefficient (Wildman–Crippen LogP) is 2.02. The molecular weight excluding hydrogens is 184 g/mol. The normalized spacial score (nSPS) is 3.00. The van der Waals surface area contributed by atoms with Crippen molar-refractivity contribution in [3.05, 3.63) is 0 Å². The molecule has 4 heavy (non-hydrogen) atoms. The van der Waals surface area contributed by atoms with Gasteiger partial charge < -0.3 is 0 Å². The van der Waals surface area contributed by atoms with Crippen molar-refractivity contribution >= 4 is 31.9 Å². The van der Waals surface area contributed by atoms with Gasteiger partial charge in [-0.05, 0) is 11.7 Å². The van der Waals surface area contributed by atoms with Crippen molar-refractivity contribution in [2.75, 3.05) is 11.7 Å². The van der Waals surface area contributed by atoms with Gasteiger partial charge in [0.15, 0.2) is 0 Å². The second-order valence-electron chi connectivity index (χ2n) is 0. The summed E-state index contributed by atoms with van der Waals surface area (Å²) < 4.78 is 0. The van der Waals surface area contributed by atoms with E-state index < -0.39 is 0 Å². The van der Waals surface area contributed by atoms with E-state index >= 15 is 0 Å². The molecule has 0 heterocycles. The summed E-state index contributed by atoms with van der Waals surface area (Å²) in [7, 11) is 0. The highest BCUT2D eigenvalue weighted by molar-refractivity contribution is 9.09. The summed E-state index contributed by atoms with van der Waals surface area (Å²) in [4.78, 5) is 0. The average molecular weight is 190 g/mol. The van der Waals surface area contributed by atoms with E-state index in [2.05, 4.69) is 31.9 Å². The quantitative estimate of drug-likeness (QED) is 0.512. The Morgan fingerprint density at radius 3 is 0.750 bits per heavy atom. The van der Waals surface area contributed by atoms with Crippen LogP contribution in [0.4, 0.5) is 0 Å². The van der Waals surface area contributed by atoms with E-state index in [9.17, 15) is 0 Å². The van der Waals surface area contributed by atoms with Crippen LogP contribution in [-0.4, -0.2) is 11.7 Å². The molecule has 28 valence electrons. The standard InChI is InChI=1S/2CH3Br/c2*1-2/h2*1H3. The van der Waals surface area contributed by atoms with Gasteiger partial charge in [-0.3, -0.25) is 0 Å². The number of halogens is 2. The molecule has 0 nitrogen and oxygen atoms in total.